The molecular formula is C19H22O6. The standard InChI is InChI=1S/C19H22O6/c1-8-5-17-7-18(8,23)4-3-10(17)19-6-9-13(24-9)16(2,15(22)25-19)12(19)11(17)14(20)21/h9-13,23H,1,3-7H2,2H3,(H,20,21)/t9?,10-,11-,12-,13?,16-,17+,18+,19-/m1/s1. The Morgan fingerprint density at radius 3 is 2.88 bits per heavy atom. The number of carbonyl (C=O) groups is 2. The van der Waals surface area contributed by atoms with Crippen molar-refractivity contribution in [2.24, 2.45) is 28.6 Å². The minimum absolute atomic E-state index is 0.00251. The molecule has 0 aromatic carbocycles. The molecule has 134 valence electrons. The van der Waals surface area contributed by atoms with Gasteiger partial charge in [0.15, 0.2) is 0 Å². The highest BCUT2D eigenvalue weighted by Gasteiger charge is 2.88. The highest BCUT2D eigenvalue weighted by Crippen LogP contribution is 2.80. The SMILES string of the molecule is C=C1C[C@]23C[C@@]1(O)CC[C@H]2[C@@]12CC4OC4[C@](C)(C(=O)O1)[C@H]2[C@@H]3C(=O)O. The van der Waals surface area contributed by atoms with Crippen molar-refractivity contribution in [3.8, 4) is 0 Å². The zero-order valence-electron chi connectivity index (χ0n) is 14.2. The van der Waals surface area contributed by atoms with Gasteiger partial charge in [0.1, 0.15) is 17.1 Å². The van der Waals surface area contributed by atoms with Crippen molar-refractivity contribution >= 4 is 11.9 Å². The second-order valence-electron chi connectivity index (χ2n) is 9.53. The number of aliphatic hydroxyl groups is 1. The van der Waals surface area contributed by atoms with Crippen LogP contribution in [0.4, 0.5) is 0 Å². The molecule has 6 heteroatoms. The molecule has 2 aliphatic heterocycles. The number of carboxylic acids is 1. The Morgan fingerprint density at radius 2 is 2.16 bits per heavy atom. The van der Waals surface area contributed by atoms with Gasteiger partial charge in [-0.15, -0.1) is 0 Å². The van der Waals surface area contributed by atoms with E-state index < -0.39 is 33.9 Å². The highest BCUT2D eigenvalue weighted by molar-refractivity contribution is 5.86. The molecule has 25 heavy (non-hydrogen) atoms. The predicted octanol–water partition coefficient (Wildman–Crippen LogP) is 1.27. The smallest absolute Gasteiger partial charge is 0.315 e. The fourth-order valence-electron chi connectivity index (χ4n) is 8.00. The molecule has 0 aromatic heterocycles. The quantitative estimate of drug-likeness (QED) is 0.422. The average Bonchev–Trinajstić information content (AvgIpc) is 3.16. The third-order valence-electron chi connectivity index (χ3n) is 8.76. The summed E-state index contributed by atoms with van der Waals surface area (Å²) in [5.41, 5.74) is -2.40. The van der Waals surface area contributed by atoms with Crippen molar-refractivity contribution in [3.05, 3.63) is 12.2 Å². The molecule has 2 saturated heterocycles. The summed E-state index contributed by atoms with van der Waals surface area (Å²) in [7, 11) is 0. The van der Waals surface area contributed by atoms with E-state index in [4.69, 9.17) is 9.47 Å². The summed E-state index contributed by atoms with van der Waals surface area (Å²) >= 11 is 0. The third kappa shape index (κ3) is 1.25. The topological polar surface area (TPSA) is 96.4 Å². The van der Waals surface area contributed by atoms with Crippen LogP contribution in [0.2, 0.25) is 0 Å². The van der Waals surface area contributed by atoms with Crippen LogP contribution in [0.25, 0.3) is 0 Å². The number of hydrogen-bond donors (Lipinski definition) is 2. The van der Waals surface area contributed by atoms with Crippen LogP contribution in [-0.2, 0) is 19.1 Å². The summed E-state index contributed by atoms with van der Waals surface area (Å²) in [5.74, 6) is -2.29. The summed E-state index contributed by atoms with van der Waals surface area (Å²) in [6, 6.07) is 0. The van der Waals surface area contributed by atoms with Crippen molar-refractivity contribution in [3.63, 3.8) is 0 Å². The van der Waals surface area contributed by atoms with Gasteiger partial charge in [-0.3, -0.25) is 9.59 Å². The monoisotopic (exact) mass is 346 g/mol. The summed E-state index contributed by atoms with van der Waals surface area (Å²) < 4.78 is 11.9. The lowest BCUT2D eigenvalue weighted by atomic mass is 9.60. The van der Waals surface area contributed by atoms with Gasteiger partial charge in [-0.25, -0.2) is 0 Å². The number of carbonyl (C=O) groups excluding carboxylic acids is 1. The number of epoxide rings is 1. The highest BCUT2D eigenvalue weighted by atomic mass is 16.6. The van der Waals surface area contributed by atoms with Gasteiger partial charge in [-0.05, 0) is 43.6 Å². The van der Waals surface area contributed by atoms with Crippen LogP contribution in [0, 0.1) is 28.6 Å². The lowest BCUT2D eigenvalue weighted by Gasteiger charge is -2.45. The third-order valence-corrected chi connectivity index (χ3v) is 8.76. The van der Waals surface area contributed by atoms with E-state index in [0.29, 0.717) is 32.1 Å². The van der Waals surface area contributed by atoms with Crippen LogP contribution in [0.15, 0.2) is 12.2 Å². The Balaban J connectivity index is 1.61. The van der Waals surface area contributed by atoms with E-state index in [1.807, 2.05) is 6.92 Å². The fraction of sp³-hybridized carbons (Fsp3) is 0.789. The second-order valence-corrected chi connectivity index (χ2v) is 9.53. The molecule has 4 aliphatic carbocycles. The van der Waals surface area contributed by atoms with Crippen LogP contribution in [0.3, 0.4) is 0 Å². The Kier molecular flexibility index (Phi) is 2.16. The van der Waals surface area contributed by atoms with Gasteiger partial charge < -0.3 is 19.7 Å². The Labute approximate surface area is 145 Å². The van der Waals surface area contributed by atoms with E-state index in [-0.39, 0.29) is 30.0 Å². The zero-order valence-corrected chi connectivity index (χ0v) is 14.2. The molecule has 6 nitrogen and oxygen atoms in total. The fourth-order valence-corrected chi connectivity index (χ4v) is 8.00. The molecule has 6 rings (SSSR count). The first kappa shape index (κ1) is 14.7. The molecule has 2 N–H and O–H groups in total. The van der Waals surface area contributed by atoms with Crippen molar-refractivity contribution in [1.29, 1.82) is 0 Å². The van der Waals surface area contributed by atoms with Gasteiger partial charge in [0.2, 0.25) is 0 Å². The van der Waals surface area contributed by atoms with Crippen LogP contribution < -0.4 is 0 Å². The van der Waals surface area contributed by atoms with E-state index in [0.717, 1.165) is 5.57 Å². The molecule has 0 amide bonds. The van der Waals surface area contributed by atoms with Crippen molar-refractivity contribution in [1.82, 2.24) is 0 Å². The molecule has 0 radical (unpaired) electrons. The van der Waals surface area contributed by atoms with Crippen molar-refractivity contribution < 1.29 is 29.3 Å². The maximum Gasteiger partial charge on any atom is 0.315 e. The number of ether oxygens (including phenoxy) is 2. The first-order valence-electron chi connectivity index (χ1n) is 9.21. The summed E-state index contributed by atoms with van der Waals surface area (Å²) in [5, 5.41) is 21.2. The Hall–Kier alpha value is -1.40. The van der Waals surface area contributed by atoms with E-state index in [1.165, 1.54) is 0 Å². The first-order valence-corrected chi connectivity index (χ1v) is 9.21. The summed E-state index contributed by atoms with van der Waals surface area (Å²) in [6.07, 6.45) is 2.59. The van der Waals surface area contributed by atoms with Gasteiger partial charge in [0.25, 0.3) is 0 Å². The number of carboxylic acid groups (broad SMARTS) is 1. The maximum atomic E-state index is 12.8. The molecule has 4 saturated carbocycles. The van der Waals surface area contributed by atoms with Gasteiger partial charge >= 0.3 is 11.9 Å². The van der Waals surface area contributed by atoms with Gasteiger partial charge in [0, 0.05) is 18.3 Å². The van der Waals surface area contributed by atoms with Crippen molar-refractivity contribution in [2.75, 3.05) is 0 Å². The molecule has 1 spiro atoms. The lowest BCUT2D eigenvalue weighted by molar-refractivity contribution is -0.165. The van der Waals surface area contributed by atoms with Crippen LogP contribution in [-0.4, -0.2) is 45.6 Å². The molecular weight excluding hydrogens is 324 g/mol. The van der Waals surface area contributed by atoms with E-state index >= 15 is 0 Å². The number of fused-ring (bicyclic) bond motifs is 3. The largest absolute Gasteiger partial charge is 0.481 e. The van der Waals surface area contributed by atoms with Crippen LogP contribution in [0.5, 0.6) is 0 Å². The Bertz CT molecular complexity index is 776. The average molecular weight is 346 g/mol. The summed E-state index contributed by atoms with van der Waals surface area (Å²) in [4.78, 5) is 25.3. The molecule has 2 unspecified atom stereocenters. The molecule has 4 bridgehead atoms. The lowest BCUT2D eigenvalue weighted by Crippen LogP contribution is -2.50. The molecule has 6 aliphatic rings. The minimum Gasteiger partial charge on any atom is -0.481 e. The Morgan fingerprint density at radius 1 is 1.40 bits per heavy atom. The molecule has 6 fully saturated rings. The van der Waals surface area contributed by atoms with Crippen LogP contribution >= 0.6 is 0 Å². The zero-order chi connectivity index (χ0) is 17.6. The first-order chi connectivity index (χ1) is 11.7. The number of rotatable bonds is 1. The van der Waals surface area contributed by atoms with Gasteiger partial charge in [0.05, 0.1) is 17.6 Å². The molecule has 0 aromatic rings. The predicted molar refractivity (Wildman–Crippen MR) is 83.3 cm³/mol. The molecule has 9 atom stereocenters. The second kappa shape index (κ2) is 3.67. The number of hydrogen-bond acceptors (Lipinski definition) is 5. The minimum atomic E-state index is -0.960. The van der Waals surface area contributed by atoms with E-state index in [9.17, 15) is 19.8 Å². The normalized spacial score (nSPS) is 62.9. The number of esters is 1. The summed E-state index contributed by atoms with van der Waals surface area (Å²) in [6.45, 7) is 5.91. The van der Waals surface area contributed by atoms with E-state index in [1.54, 1.807) is 0 Å². The van der Waals surface area contributed by atoms with Gasteiger partial charge in [-0.1, -0.05) is 6.58 Å². The van der Waals surface area contributed by atoms with Crippen molar-refractivity contribution in [2.45, 2.75) is 62.4 Å². The van der Waals surface area contributed by atoms with Crippen LogP contribution in [0.1, 0.15) is 39.0 Å². The van der Waals surface area contributed by atoms with Gasteiger partial charge in [-0.2, -0.15) is 0 Å². The molecule has 2 heterocycles. The maximum absolute atomic E-state index is 12.8. The van der Waals surface area contributed by atoms with E-state index in [2.05, 4.69) is 6.58 Å². The number of aliphatic carboxylic acids is 1.